The van der Waals surface area contributed by atoms with E-state index in [4.69, 9.17) is 9.97 Å². The van der Waals surface area contributed by atoms with Crippen LogP contribution in [0.3, 0.4) is 0 Å². The summed E-state index contributed by atoms with van der Waals surface area (Å²) in [5.74, 6) is 0.652. The number of hydrogen-bond acceptors (Lipinski definition) is 3. The van der Waals surface area contributed by atoms with E-state index in [9.17, 15) is 0 Å². The fraction of sp³-hybridized carbons (Fsp3) is 0.0714. The van der Waals surface area contributed by atoms with Crippen LogP contribution >= 0.6 is 0 Å². The van der Waals surface area contributed by atoms with Crippen molar-refractivity contribution < 1.29 is 4.65 Å². The molecule has 2 aromatic rings. The van der Waals surface area contributed by atoms with Crippen molar-refractivity contribution in [1.29, 1.82) is 5.31 Å². The SMILES string of the molecule is CC=Cc1ccc(-c2ccc(OB=N)cc2)nc1. The summed E-state index contributed by atoms with van der Waals surface area (Å²) in [5, 5.41) is 6.85. The first kappa shape index (κ1) is 12.2. The van der Waals surface area contributed by atoms with Crippen LogP contribution in [0.5, 0.6) is 5.75 Å². The summed E-state index contributed by atoms with van der Waals surface area (Å²) < 4.78 is 4.96. The maximum absolute atomic E-state index is 6.85. The summed E-state index contributed by atoms with van der Waals surface area (Å²) in [5.41, 5.74) is 3.04. The number of rotatable bonds is 4. The van der Waals surface area contributed by atoms with E-state index in [0.29, 0.717) is 5.75 Å². The number of hydrogen-bond donors (Lipinski definition) is 1. The number of aromatic nitrogens is 1. The molecule has 0 spiro atoms. The Hall–Kier alpha value is -2.23. The molecule has 1 aromatic heterocycles. The molecular weight excluding hydrogens is 223 g/mol. The van der Waals surface area contributed by atoms with Gasteiger partial charge in [0.15, 0.2) is 0 Å². The predicted octanol–water partition coefficient (Wildman–Crippen LogP) is 3.54. The summed E-state index contributed by atoms with van der Waals surface area (Å²) in [7, 11) is 0.916. The monoisotopic (exact) mass is 236 g/mol. The van der Waals surface area contributed by atoms with Gasteiger partial charge in [0.05, 0.1) is 0 Å². The third kappa shape index (κ3) is 2.91. The van der Waals surface area contributed by atoms with Gasteiger partial charge in [0, 0.05) is 0 Å². The van der Waals surface area contributed by atoms with Crippen molar-refractivity contribution in [1.82, 2.24) is 4.98 Å². The molecule has 18 heavy (non-hydrogen) atoms. The van der Waals surface area contributed by atoms with Gasteiger partial charge in [0.1, 0.15) is 0 Å². The van der Waals surface area contributed by atoms with E-state index in [2.05, 4.69) is 4.98 Å². The predicted molar refractivity (Wildman–Crippen MR) is 73.5 cm³/mol. The molecule has 0 aliphatic carbocycles. The summed E-state index contributed by atoms with van der Waals surface area (Å²) >= 11 is 0. The number of allylic oxidation sites excluding steroid dienone is 1. The van der Waals surface area contributed by atoms with Crippen LogP contribution in [0.15, 0.2) is 48.7 Å². The van der Waals surface area contributed by atoms with Crippen LogP contribution in [0.4, 0.5) is 0 Å². The van der Waals surface area contributed by atoms with Gasteiger partial charge in [-0.05, 0) is 0 Å². The van der Waals surface area contributed by atoms with Gasteiger partial charge in [0.2, 0.25) is 0 Å². The van der Waals surface area contributed by atoms with Crippen LogP contribution < -0.4 is 4.65 Å². The van der Waals surface area contributed by atoms with E-state index >= 15 is 0 Å². The fourth-order valence-corrected chi connectivity index (χ4v) is 1.64. The summed E-state index contributed by atoms with van der Waals surface area (Å²) in [4.78, 5) is 4.41. The Labute approximate surface area is 107 Å². The Balaban J connectivity index is 2.22. The van der Waals surface area contributed by atoms with Crippen LogP contribution in [0.2, 0.25) is 0 Å². The second-order valence-electron chi connectivity index (χ2n) is 3.74. The average molecular weight is 236 g/mol. The number of nitrogens with one attached hydrogen (secondary N) is 1. The van der Waals surface area contributed by atoms with Crippen molar-refractivity contribution in [3.63, 3.8) is 0 Å². The number of benzene rings is 1. The van der Waals surface area contributed by atoms with Crippen molar-refractivity contribution in [2.45, 2.75) is 6.92 Å². The minimum atomic E-state index is 0.652. The van der Waals surface area contributed by atoms with Gasteiger partial charge >= 0.3 is 106 Å². The van der Waals surface area contributed by atoms with E-state index in [0.717, 1.165) is 24.1 Å². The van der Waals surface area contributed by atoms with Crippen molar-refractivity contribution in [3.8, 4) is 17.0 Å². The van der Waals surface area contributed by atoms with Gasteiger partial charge in [-0.3, -0.25) is 0 Å². The third-order valence-corrected chi connectivity index (χ3v) is 2.49. The van der Waals surface area contributed by atoms with E-state index in [1.807, 2.05) is 61.7 Å². The molecule has 0 fully saturated rings. The Morgan fingerprint density at radius 1 is 1.17 bits per heavy atom. The second-order valence-corrected chi connectivity index (χ2v) is 3.74. The maximum atomic E-state index is 6.85. The first-order chi connectivity index (χ1) is 8.83. The van der Waals surface area contributed by atoms with Crippen LogP contribution in [0.25, 0.3) is 17.3 Å². The molecule has 0 aliphatic heterocycles. The molecule has 4 heteroatoms. The molecule has 88 valence electrons. The molecule has 1 heterocycles. The molecule has 1 aromatic carbocycles. The standard InChI is InChI=1S/C14H13BN2O/c1-2-3-11-4-9-14(17-10-11)12-5-7-13(8-6-12)18-15-16/h2-10,16H,1H3. The molecular formula is C14H13BN2O. The van der Waals surface area contributed by atoms with Gasteiger partial charge in [-0.25, -0.2) is 0 Å². The van der Waals surface area contributed by atoms with Crippen LogP contribution in [0, 0.1) is 5.31 Å². The van der Waals surface area contributed by atoms with E-state index in [1.54, 1.807) is 0 Å². The molecule has 0 radical (unpaired) electrons. The molecule has 0 saturated carbocycles. The fourth-order valence-electron chi connectivity index (χ4n) is 1.64. The molecule has 0 unspecified atom stereocenters. The summed E-state index contributed by atoms with van der Waals surface area (Å²) in [6.45, 7) is 1.98. The van der Waals surface area contributed by atoms with Crippen molar-refractivity contribution in [2.75, 3.05) is 0 Å². The Morgan fingerprint density at radius 3 is 2.50 bits per heavy atom. The Morgan fingerprint density at radius 2 is 1.94 bits per heavy atom. The minimum absolute atomic E-state index is 0.652. The Bertz CT molecular complexity index is 547. The van der Waals surface area contributed by atoms with Crippen LogP contribution in [-0.4, -0.2) is 12.3 Å². The summed E-state index contributed by atoms with van der Waals surface area (Å²) in [6.07, 6.45) is 5.84. The van der Waals surface area contributed by atoms with Crippen molar-refractivity contribution in [3.05, 3.63) is 54.2 Å². The molecule has 0 atom stereocenters. The average Bonchev–Trinajstić information content (AvgIpc) is 2.41. The molecule has 0 saturated heterocycles. The number of pyridine rings is 1. The van der Waals surface area contributed by atoms with Gasteiger partial charge in [-0.1, -0.05) is 0 Å². The van der Waals surface area contributed by atoms with Gasteiger partial charge in [0.25, 0.3) is 0 Å². The third-order valence-electron chi connectivity index (χ3n) is 2.49. The van der Waals surface area contributed by atoms with E-state index < -0.39 is 0 Å². The van der Waals surface area contributed by atoms with E-state index in [1.165, 1.54) is 0 Å². The van der Waals surface area contributed by atoms with Gasteiger partial charge < -0.3 is 0 Å². The topological polar surface area (TPSA) is 46.0 Å². The van der Waals surface area contributed by atoms with Gasteiger partial charge in [-0.15, -0.1) is 0 Å². The normalized spacial score (nSPS) is 10.3. The first-order valence-corrected chi connectivity index (χ1v) is 5.68. The van der Waals surface area contributed by atoms with Crippen molar-refractivity contribution in [2.24, 2.45) is 0 Å². The van der Waals surface area contributed by atoms with E-state index in [-0.39, 0.29) is 0 Å². The van der Waals surface area contributed by atoms with Crippen LogP contribution in [-0.2, 0) is 0 Å². The number of nitrogens with zero attached hydrogens (tertiary/aromatic N) is 1. The molecule has 2 rings (SSSR count). The molecule has 3 nitrogen and oxygen atoms in total. The Kier molecular flexibility index (Phi) is 4.02. The zero-order valence-corrected chi connectivity index (χ0v) is 10.1. The molecule has 0 aliphatic rings. The zero-order chi connectivity index (χ0) is 12.8. The zero-order valence-electron chi connectivity index (χ0n) is 10.1. The van der Waals surface area contributed by atoms with Crippen LogP contribution in [0.1, 0.15) is 12.5 Å². The first-order valence-electron chi connectivity index (χ1n) is 5.68. The second kappa shape index (κ2) is 5.91. The molecule has 1 N–H and O–H groups in total. The van der Waals surface area contributed by atoms with Crippen molar-refractivity contribution >= 4 is 13.4 Å². The quantitative estimate of drug-likeness (QED) is 0.825. The summed E-state index contributed by atoms with van der Waals surface area (Å²) in [6, 6.07) is 11.5. The molecule has 0 amide bonds. The molecule has 0 bridgehead atoms. The van der Waals surface area contributed by atoms with Gasteiger partial charge in [-0.2, -0.15) is 0 Å².